The Labute approximate surface area is 391 Å². The fourth-order valence-electron chi connectivity index (χ4n) is 10.7. The number of para-hydroxylation sites is 2. The van der Waals surface area contributed by atoms with Gasteiger partial charge in [0.1, 0.15) is 0 Å². The molecule has 316 valence electrons. The largest absolute Gasteiger partial charge is 0.307 e. The average molecular weight is 866 g/mol. The molecule has 5 heteroatoms. The summed E-state index contributed by atoms with van der Waals surface area (Å²) in [5.74, 6) is 1.77. The molecule has 0 aliphatic rings. The van der Waals surface area contributed by atoms with Gasteiger partial charge in [0.2, 0.25) is 5.95 Å². The van der Waals surface area contributed by atoms with Crippen molar-refractivity contribution in [3.8, 4) is 56.7 Å². The normalized spacial score (nSPS) is 11.8. The van der Waals surface area contributed by atoms with Gasteiger partial charge in [-0.25, -0.2) is 4.98 Å². The second-order valence-electron chi connectivity index (χ2n) is 17.5. The quantitative estimate of drug-likeness (QED) is 0.156. The third kappa shape index (κ3) is 5.86. The smallest absolute Gasteiger partial charge is 0.238 e. The molecule has 0 aliphatic carbocycles. The minimum absolute atomic E-state index is 0.556. The summed E-state index contributed by atoms with van der Waals surface area (Å²) in [5, 5.41) is 12.2. The molecule has 0 spiro atoms. The third-order valence-electron chi connectivity index (χ3n) is 13.8. The first-order chi connectivity index (χ1) is 33.7. The Morgan fingerprint density at radius 1 is 0.265 bits per heavy atom. The molecule has 0 atom stereocenters. The van der Waals surface area contributed by atoms with Gasteiger partial charge in [-0.05, 0) is 84.9 Å². The molecule has 3 aromatic heterocycles. The zero-order valence-corrected chi connectivity index (χ0v) is 36.8. The number of rotatable bonds is 6. The van der Waals surface area contributed by atoms with Crippen molar-refractivity contribution < 1.29 is 0 Å². The number of hydrogen-bond donors (Lipinski definition) is 0. The molecule has 0 unspecified atom stereocenters. The highest BCUT2D eigenvalue weighted by molar-refractivity contribution is 6.28. The highest BCUT2D eigenvalue weighted by atomic mass is 15.2. The second kappa shape index (κ2) is 15.2. The Balaban J connectivity index is 1.02. The van der Waals surface area contributed by atoms with Crippen molar-refractivity contribution in [3.63, 3.8) is 0 Å². The first-order valence-corrected chi connectivity index (χ1v) is 23.1. The van der Waals surface area contributed by atoms with Crippen molar-refractivity contribution in [1.29, 1.82) is 0 Å². The van der Waals surface area contributed by atoms with Crippen LogP contribution in [-0.4, -0.2) is 24.1 Å². The van der Waals surface area contributed by atoms with Crippen LogP contribution in [-0.2, 0) is 0 Å². The summed E-state index contributed by atoms with van der Waals surface area (Å²) in [6.07, 6.45) is 0. The van der Waals surface area contributed by atoms with Crippen molar-refractivity contribution in [2.45, 2.75) is 0 Å². The van der Waals surface area contributed by atoms with E-state index < -0.39 is 0 Å². The van der Waals surface area contributed by atoms with Gasteiger partial charge in [-0.3, -0.25) is 4.57 Å². The number of aromatic nitrogens is 5. The van der Waals surface area contributed by atoms with Crippen LogP contribution in [0.3, 0.4) is 0 Å². The maximum atomic E-state index is 5.41. The maximum Gasteiger partial charge on any atom is 0.238 e. The molecule has 0 bridgehead atoms. The molecular weight excluding hydrogens is 827 g/mol. The Hall–Kier alpha value is -9.19. The lowest BCUT2D eigenvalue weighted by molar-refractivity contribution is 0.953. The molecule has 11 aromatic carbocycles. The standard InChI is InChI=1S/C63H39N5/c1-3-17-40(18-4-1)43-21-15-22-44(39-43)62-64-61(42-19-5-2-6-20-42)65-63(66-62)68-57-32-14-12-27-51(57)55-38-37-54-50-26-11-13-31-56(50)67(59(54)60(55)68)45-35-33-41(34-36-45)46-29-16-30-53-49-24-8-7-23-47(49)48-25-9-10-28-52(48)58(46)53/h1-39H. The molecule has 0 radical (unpaired) electrons. The van der Waals surface area contributed by atoms with Crippen LogP contribution in [0.1, 0.15) is 0 Å². The third-order valence-corrected chi connectivity index (χ3v) is 13.8. The van der Waals surface area contributed by atoms with Crippen molar-refractivity contribution >= 4 is 75.9 Å². The average Bonchev–Trinajstić information content (AvgIpc) is 3.94. The van der Waals surface area contributed by atoms with Gasteiger partial charge in [-0.2, -0.15) is 9.97 Å². The number of fused-ring (bicyclic) bond motifs is 13. The van der Waals surface area contributed by atoms with E-state index in [-0.39, 0.29) is 0 Å². The van der Waals surface area contributed by atoms with E-state index in [9.17, 15) is 0 Å². The highest BCUT2D eigenvalue weighted by Crippen LogP contribution is 2.44. The van der Waals surface area contributed by atoms with Crippen LogP contribution in [0.4, 0.5) is 0 Å². The minimum atomic E-state index is 0.556. The lowest BCUT2D eigenvalue weighted by Crippen LogP contribution is -2.07. The Morgan fingerprint density at radius 3 is 1.37 bits per heavy atom. The van der Waals surface area contributed by atoms with Gasteiger partial charge < -0.3 is 4.57 Å². The van der Waals surface area contributed by atoms with E-state index >= 15 is 0 Å². The maximum absolute atomic E-state index is 5.41. The predicted octanol–water partition coefficient (Wildman–Crippen LogP) is 16.2. The van der Waals surface area contributed by atoms with Crippen molar-refractivity contribution in [3.05, 3.63) is 237 Å². The van der Waals surface area contributed by atoms with Crippen LogP contribution in [0.2, 0.25) is 0 Å². The molecule has 0 saturated heterocycles. The predicted molar refractivity (Wildman–Crippen MR) is 283 cm³/mol. The summed E-state index contributed by atoms with van der Waals surface area (Å²) in [4.78, 5) is 16.0. The molecule has 0 amide bonds. The van der Waals surface area contributed by atoms with E-state index in [0.717, 1.165) is 66.2 Å². The fourth-order valence-corrected chi connectivity index (χ4v) is 10.7. The van der Waals surface area contributed by atoms with Gasteiger partial charge >= 0.3 is 0 Å². The zero-order valence-electron chi connectivity index (χ0n) is 36.8. The number of nitrogens with zero attached hydrogens (tertiary/aromatic N) is 5. The van der Waals surface area contributed by atoms with Gasteiger partial charge in [0.15, 0.2) is 11.6 Å². The van der Waals surface area contributed by atoms with Gasteiger partial charge in [0.05, 0.1) is 22.1 Å². The van der Waals surface area contributed by atoms with E-state index in [0.29, 0.717) is 17.6 Å². The summed E-state index contributed by atoms with van der Waals surface area (Å²) < 4.78 is 4.70. The molecule has 0 aliphatic heterocycles. The number of benzene rings is 11. The molecular formula is C63H39N5. The van der Waals surface area contributed by atoms with Gasteiger partial charge in [-0.1, -0.05) is 206 Å². The van der Waals surface area contributed by atoms with E-state index in [1.807, 2.05) is 24.3 Å². The SMILES string of the molecule is c1ccc(-c2cccc(-c3nc(-c4ccccc4)nc(-n4c5ccccc5c5ccc6c7ccccc7n(-c7ccc(-c8cccc9c%10ccccc%10c%10ccccc%10c89)cc7)c6c54)n3)c2)cc1. The summed E-state index contributed by atoms with van der Waals surface area (Å²) in [7, 11) is 0. The summed E-state index contributed by atoms with van der Waals surface area (Å²) >= 11 is 0. The summed E-state index contributed by atoms with van der Waals surface area (Å²) in [5.41, 5.74) is 11.8. The first-order valence-electron chi connectivity index (χ1n) is 23.1. The zero-order chi connectivity index (χ0) is 44.7. The van der Waals surface area contributed by atoms with Crippen LogP contribution >= 0.6 is 0 Å². The first kappa shape index (κ1) is 38.1. The van der Waals surface area contributed by atoms with Crippen LogP contribution in [0.5, 0.6) is 0 Å². The molecule has 3 heterocycles. The molecule has 0 saturated carbocycles. The molecule has 5 nitrogen and oxygen atoms in total. The summed E-state index contributed by atoms with van der Waals surface area (Å²) in [6, 6.07) is 84.6. The summed E-state index contributed by atoms with van der Waals surface area (Å²) in [6.45, 7) is 0. The monoisotopic (exact) mass is 865 g/mol. The molecule has 68 heavy (non-hydrogen) atoms. The molecule has 0 fully saturated rings. The molecule has 0 N–H and O–H groups in total. The van der Waals surface area contributed by atoms with E-state index in [2.05, 4.69) is 221 Å². The topological polar surface area (TPSA) is 48.5 Å². The van der Waals surface area contributed by atoms with Gasteiger partial charge in [0, 0.05) is 38.4 Å². The lowest BCUT2D eigenvalue weighted by atomic mass is 9.89. The van der Waals surface area contributed by atoms with Crippen LogP contribution in [0, 0.1) is 0 Å². The van der Waals surface area contributed by atoms with Gasteiger partial charge in [-0.15, -0.1) is 0 Å². The van der Waals surface area contributed by atoms with Gasteiger partial charge in [0.25, 0.3) is 0 Å². The highest BCUT2D eigenvalue weighted by Gasteiger charge is 2.24. The number of hydrogen-bond acceptors (Lipinski definition) is 3. The van der Waals surface area contributed by atoms with Crippen LogP contribution in [0.25, 0.3) is 133 Å². The Kier molecular flexibility index (Phi) is 8.52. The molecule has 14 aromatic rings. The van der Waals surface area contributed by atoms with Crippen molar-refractivity contribution in [1.82, 2.24) is 24.1 Å². The van der Waals surface area contributed by atoms with E-state index in [1.165, 1.54) is 48.8 Å². The van der Waals surface area contributed by atoms with Crippen molar-refractivity contribution in [2.75, 3.05) is 0 Å². The van der Waals surface area contributed by atoms with E-state index in [1.54, 1.807) is 0 Å². The second-order valence-corrected chi connectivity index (χ2v) is 17.5. The van der Waals surface area contributed by atoms with Crippen LogP contribution in [0.15, 0.2) is 237 Å². The van der Waals surface area contributed by atoms with Crippen LogP contribution < -0.4 is 0 Å². The molecule has 14 rings (SSSR count). The Morgan fingerprint density at radius 2 is 0.721 bits per heavy atom. The van der Waals surface area contributed by atoms with E-state index in [4.69, 9.17) is 15.0 Å². The fraction of sp³-hybridized carbons (Fsp3) is 0. The minimum Gasteiger partial charge on any atom is -0.307 e. The van der Waals surface area contributed by atoms with Crippen molar-refractivity contribution in [2.24, 2.45) is 0 Å². The Bertz CT molecular complexity index is 4260. The lowest BCUT2D eigenvalue weighted by Gasteiger charge is -2.15.